The van der Waals surface area contributed by atoms with Crippen LogP contribution in [0.5, 0.6) is 0 Å². The zero-order valence-electron chi connectivity index (χ0n) is 13.8. The summed E-state index contributed by atoms with van der Waals surface area (Å²) in [6.45, 7) is 7.97. The van der Waals surface area contributed by atoms with Gasteiger partial charge in [0.15, 0.2) is 4.90 Å². The van der Waals surface area contributed by atoms with E-state index in [9.17, 15) is 9.12 Å². The number of aromatic nitrogens is 1. The molecule has 0 saturated heterocycles. The van der Waals surface area contributed by atoms with Crippen LogP contribution in [0.1, 0.15) is 39.3 Å². The van der Waals surface area contributed by atoms with E-state index in [0.29, 0.717) is 20.5 Å². The lowest BCUT2D eigenvalue weighted by atomic mass is 10.1. The topological polar surface area (TPSA) is 70.0 Å². The van der Waals surface area contributed by atoms with Crippen molar-refractivity contribution < 1.29 is 13.8 Å². The summed E-state index contributed by atoms with van der Waals surface area (Å²) in [6.07, 6.45) is 0. The molecule has 1 aliphatic rings. The fraction of sp³-hybridized carbons (Fsp3) is 0.353. The molecule has 23 heavy (non-hydrogen) atoms. The van der Waals surface area contributed by atoms with Crippen LogP contribution in [-0.4, -0.2) is 10.2 Å². The maximum absolute atomic E-state index is 14.1. The van der Waals surface area contributed by atoms with Crippen molar-refractivity contribution in [3.05, 3.63) is 42.1 Å². The summed E-state index contributed by atoms with van der Waals surface area (Å²) < 4.78 is 28.6. The van der Waals surface area contributed by atoms with E-state index in [0.717, 1.165) is 5.69 Å². The van der Waals surface area contributed by atoms with Crippen molar-refractivity contribution in [2.24, 2.45) is 0 Å². The van der Waals surface area contributed by atoms with Gasteiger partial charge in [-0.2, -0.15) is 0 Å². The van der Waals surface area contributed by atoms with Gasteiger partial charge in [-0.15, -0.1) is 0 Å². The number of rotatable bonds is 2. The molecule has 0 saturated carbocycles. The Morgan fingerprint density at radius 2 is 1.74 bits per heavy atom. The van der Waals surface area contributed by atoms with Gasteiger partial charge in [0.05, 0.1) is 5.30 Å². The molecular weight excluding hydrogens is 327 g/mol. The third-order valence-electron chi connectivity index (χ3n) is 4.39. The van der Waals surface area contributed by atoms with Crippen molar-refractivity contribution in [1.29, 1.82) is 0 Å². The van der Waals surface area contributed by atoms with Gasteiger partial charge in [0, 0.05) is 34.9 Å². The first-order valence-electron chi connectivity index (χ1n) is 7.75. The van der Waals surface area contributed by atoms with Crippen LogP contribution in [0, 0.1) is 0 Å². The Hall–Kier alpha value is -1.29. The number of nitrogens with two attached hydrogens (primary N) is 1. The monoisotopic (exact) mass is 349 g/mol. The second-order valence-corrected chi connectivity index (χ2v) is 11.1. The Labute approximate surface area is 140 Å². The Bertz CT molecular complexity index is 820. The second kappa shape index (κ2) is 5.66. The molecule has 0 radical (unpaired) electrons. The van der Waals surface area contributed by atoms with Crippen molar-refractivity contribution in [2.45, 2.75) is 49.1 Å². The average Bonchev–Trinajstić information content (AvgIpc) is 2.51. The van der Waals surface area contributed by atoms with Gasteiger partial charge in [0.1, 0.15) is 0 Å². The molecular formula is C17H22N2O2PS+. The van der Waals surface area contributed by atoms with Gasteiger partial charge in [-0.05, 0) is 12.1 Å². The van der Waals surface area contributed by atoms with Crippen LogP contribution in [0.3, 0.4) is 0 Å². The Morgan fingerprint density at radius 3 is 2.35 bits per heavy atom. The number of nitrogen functional groups attached to an aromatic ring is 1. The predicted molar refractivity (Wildman–Crippen MR) is 94.0 cm³/mol. The maximum atomic E-state index is 14.1. The third kappa shape index (κ3) is 2.25. The van der Waals surface area contributed by atoms with Gasteiger partial charge < -0.3 is 9.12 Å². The molecule has 2 heterocycles. The van der Waals surface area contributed by atoms with Crippen LogP contribution in [-0.2, 0) is 15.7 Å². The van der Waals surface area contributed by atoms with E-state index in [4.69, 9.17) is 5.84 Å². The van der Waals surface area contributed by atoms with Crippen LogP contribution in [0.15, 0.2) is 46.2 Å². The first-order valence-corrected chi connectivity index (χ1v) is 10.7. The molecule has 1 aromatic carbocycles. The van der Waals surface area contributed by atoms with Gasteiger partial charge in [0.25, 0.3) is 0 Å². The number of pyridine rings is 1. The summed E-state index contributed by atoms with van der Waals surface area (Å²) in [5.41, 5.74) is 1.31. The number of benzene rings is 1. The smallest absolute Gasteiger partial charge is 0.327 e. The summed E-state index contributed by atoms with van der Waals surface area (Å²) in [4.78, 5) is 1.22. The predicted octanol–water partition coefficient (Wildman–Crippen LogP) is 2.01. The highest BCUT2D eigenvalue weighted by Gasteiger charge is 2.53. The quantitative estimate of drug-likeness (QED) is 0.390. The molecule has 2 atom stereocenters. The SMILES string of the molecule is CC(C)c1ccc2c([n+]1N)P(=O)(C(C)C)c1ccccc1[S+]2[O-]. The Morgan fingerprint density at radius 1 is 1.09 bits per heavy atom. The van der Waals surface area contributed by atoms with Crippen LogP contribution in [0.2, 0.25) is 0 Å². The zero-order valence-corrected chi connectivity index (χ0v) is 15.5. The van der Waals surface area contributed by atoms with E-state index >= 15 is 0 Å². The van der Waals surface area contributed by atoms with Gasteiger partial charge in [-0.1, -0.05) is 44.5 Å². The molecule has 3 rings (SSSR count). The number of fused-ring (bicyclic) bond motifs is 2. The first kappa shape index (κ1) is 16.6. The minimum atomic E-state index is -2.96. The van der Waals surface area contributed by atoms with Crippen molar-refractivity contribution >= 4 is 29.1 Å². The van der Waals surface area contributed by atoms with Crippen molar-refractivity contribution in [3.63, 3.8) is 0 Å². The molecule has 2 aromatic rings. The summed E-state index contributed by atoms with van der Waals surface area (Å²) in [5, 5.41) is 0.681. The summed E-state index contributed by atoms with van der Waals surface area (Å²) >= 11 is -1.36. The molecule has 0 fully saturated rings. The highest BCUT2D eigenvalue weighted by atomic mass is 32.2. The fourth-order valence-corrected chi connectivity index (χ4v) is 8.42. The molecule has 2 N–H and O–H groups in total. The summed E-state index contributed by atoms with van der Waals surface area (Å²) in [5.74, 6) is 6.54. The van der Waals surface area contributed by atoms with Gasteiger partial charge in [-0.3, -0.25) is 0 Å². The van der Waals surface area contributed by atoms with Crippen LogP contribution >= 0.6 is 7.14 Å². The molecule has 6 heteroatoms. The number of hydrogen-bond donors (Lipinski definition) is 1. The van der Waals surface area contributed by atoms with Crippen molar-refractivity contribution in [1.82, 2.24) is 0 Å². The highest BCUT2D eigenvalue weighted by molar-refractivity contribution is 7.95. The number of hydrogen-bond acceptors (Lipinski definition) is 3. The standard InChI is InChI=1S/C17H22N2O2PS/c1-11(2)13-9-10-16-17(19(13)18)22(20,12(3)4)14-7-5-6-8-15(14)23(16)21/h5-12H,18H2,1-4H3/q+1. The normalized spacial score (nSPS) is 23.0. The minimum Gasteiger partial charge on any atom is -0.606 e. The lowest BCUT2D eigenvalue weighted by Crippen LogP contribution is -2.63. The molecule has 0 bridgehead atoms. The molecule has 0 amide bonds. The van der Waals surface area contributed by atoms with Crippen molar-refractivity contribution in [2.75, 3.05) is 5.84 Å². The summed E-state index contributed by atoms with van der Waals surface area (Å²) in [6, 6.07) is 11.0. The Kier molecular flexibility index (Phi) is 4.07. The molecule has 1 aliphatic heterocycles. The van der Waals surface area contributed by atoms with E-state index in [1.165, 1.54) is 4.68 Å². The largest absolute Gasteiger partial charge is 0.606 e. The van der Waals surface area contributed by atoms with Crippen molar-refractivity contribution in [3.8, 4) is 0 Å². The Balaban J connectivity index is 2.43. The average molecular weight is 349 g/mol. The van der Waals surface area contributed by atoms with E-state index in [2.05, 4.69) is 0 Å². The van der Waals surface area contributed by atoms with E-state index < -0.39 is 18.3 Å². The zero-order chi connectivity index (χ0) is 16.9. The fourth-order valence-electron chi connectivity index (χ4n) is 3.14. The lowest BCUT2D eigenvalue weighted by Gasteiger charge is -2.28. The van der Waals surface area contributed by atoms with Crippen LogP contribution in [0.25, 0.3) is 0 Å². The second-order valence-electron chi connectivity index (χ2n) is 6.46. The molecule has 0 aliphatic carbocycles. The maximum Gasteiger partial charge on any atom is 0.327 e. The molecule has 1 aromatic heterocycles. The van der Waals surface area contributed by atoms with Crippen LogP contribution in [0.4, 0.5) is 0 Å². The van der Waals surface area contributed by atoms with E-state index in [1.54, 1.807) is 6.07 Å². The summed E-state index contributed by atoms with van der Waals surface area (Å²) in [7, 11) is -2.96. The van der Waals surface area contributed by atoms with E-state index in [-0.39, 0.29) is 11.6 Å². The minimum absolute atomic E-state index is 0.114. The van der Waals surface area contributed by atoms with Gasteiger partial charge in [0.2, 0.25) is 17.7 Å². The third-order valence-corrected chi connectivity index (χ3v) is 9.82. The highest BCUT2D eigenvalue weighted by Crippen LogP contribution is 2.53. The van der Waals surface area contributed by atoms with Gasteiger partial charge >= 0.3 is 5.44 Å². The molecule has 0 spiro atoms. The molecule has 2 unspecified atom stereocenters. The molecule has 122 valence electrons. The van der Waals surface area contributed by atoms with Crippen LogP contribution < -0.4 is 21.3 Å². The number of nitrogens with zero attached hydrogens (tertiary/aromatic N) is 1. The molecule has 4 nitrogen and oxygen atoms in total. The first-order chi connectivity index (χ1) is 10.8. The lowest BCUT2D eigenvalue weighted by molar-refractivity contribution is -0.631. The van der Waals surface area contributed by atoms with E-state index in [1.807, 2.05) is 58.0 Å². The van der Waals surface area contributed by atoms with Gasteiger partial charge in [-0.25, -0.2) is 5.84 Å².